The molecule has 0 saturated carbocycles. The molecule has 0 spiro atoms. The van der Waals surface area contributed by atoms with Crippen LogP contribution in [0.3, 0.4) is 0 Å². The van der Waals surface area contributed by atoms with Gasteiger partial charge in [-0.1, -0.05) is 23.7 Å². The largest absolute Gasteiger partial charge is 0.376 e. The van der Waals surface area contributed by atoms with E-state index in [9.17, 15) is 4.21 Å². The van der Waals surface area contributed by atoms with Crippen molar-refractivity contribution in [2.24, 2.45) is 0 Å². The van der Waals surface area contributed by atoms with Crippen molar-refractivity contribution in [1.29, 1.82) is 0 Å². The van der Waals surface area contributed by atoms with Gasteiger partial charge in [0, 0.05) is 5.02 Å². The standard InChI is InChI=1S/C13H11ClO2S/c14-11-3-1-9(2-4-11)12-7-10-5-6-16-8-13(10)17(12)15/h1-4,7H,5-6,8H2. The van der Waals surface area contributed by atoms with Gasteiger partial charge < -0.3 is 4.74 Å². The van der Waals surface area contributed by atoms with Crippen molar-refractivity contribution in [3.63, 3.8) is 0 Å². The molecule has 0 N–H and O–H groups in total. The fourth-order valence-electron chi connectivity index (χ4n) is 2.05. The Bertz CT molecular complexity index is 543. The molecule has 0 saturated heterocycles. The summed E-state index contributed by atoms with van der Waals surface area (Å²) < 4.78 is 17.6. The topological polar surface area (TPSA) is 26.3 Å². The van der Waals surface area contributed by atoms with Crippen molar-refractivity contribution in [3.8, 4) is 0 Å². The summed E-state index contributed by atoms with van der Waals surface area (Å²) in [6.07, 6.45) is 2.90. The van der Waals surface area contributed by atoms with Crippen LogP contribution in [0.2, 0.25) is 5.02 Å². The van der Waals surface area contributed by atoms with E-state index in [1.807, 2.05) is 30.3 Å². The molecular formula is C13H11ClO2S. The second kappa shape index (κ2) is 4.41. The Morgan fingerprint density at radius 2 is 2.00 bits per heavy atom. The van der Waals surface area contributed by atoms with Gasteiger partial charge in [0.15, 0.2) is 0 Å². The summed E-state index contributed by atoms with van der Waals surface area (Å²) in [7, 11) is -1.06. The van der Waals surface area contributed by atoms with Gasteiger partial charge in [-0.05, 0) is 35.8 Å². The van der Waals surface area contributed by atoms with E-state index in [0.29, 0.717) is 11.6 Å². The van der Waals surface area contributed by atoms with Gasteiger partial charge in [0.1, 0.15) is 0 Å². The first-order valence-corrected chi connectivity index (χ1v) is 6.97. The van der Waals surface area contributed by atoms with Gasteiger partial charge in [-0.2, -0.15) is 0 Å². The molecule has 0 radical (unpaired) electrons. The van der Waals surface area contributed by atoms with E-state index in [-0.39, 0.29) is 0 Å². The first-order valence-electron chi connectivity index (χ1n) is 5.45. The monoisotopic (exact) mass is 266 g/mol. The van der Waals surface area contributed by atoms with E-state index < -0.39 is 10.8 Å². The average molecular weight is 267 g/mol. The van der Waals surface area contributed by atoms with Crippen LogP contribution in [-0.2, 0) is 15.5 Å². The summed E-state index contributed by atoms with van der Waals surface area (Å²) >= 11 is 5.85. The highest BCUT2D eigenvalue weighted by Crippen LogP contribution is 2.36. The first-order chi connectivity index (χ1) is 8.25. The SMILES string of the molecule is O=S1C(c2ccc(Cl)cc2)=CC2=C1COCC2. The Morgan fingerprint density at radius 3 is 2.71 bits per heavy atom. The maximum absolute atomic E-state index is 12.3. The summed E-state index contributed by atoms with van der Waals surface area (Å²) in [6.45, 7) is 1.22. The Balaban J connectivity index is 1.97. The van der Waals surface area contributed by atoms with Crippen LogP contribution >= 0.6 is 11.6 Å². The van der Waals surface area contributed by atoms with Crippen LogP contribution in [0.15, 0.2) is 40.8 Å². The van der Waals surface area contributed by atoms with E-state index in [1.54, 1.807) is 0 Å². The molecule has 0 aliphatic carbocycles. The van der Waals surface area contributed by atoms with Crippen LogP contribution < -0.4 is 0 Å². The molecule has 2 aliphatic rings. The lowest BCUT2D eigenvalue weighted by atomic mass is 10.1. The number of rotatable bonds is 1. The average Bonchev–Trinajstić information content (AvgIpc) is 2.69. The third-order valence-corrected chi connectivity index (χ3v) is 4.80. The second-order valence-electron chi connectivity index (χ2n) is 4.04. The predicted molar refractivity (Wildman–Crippen MR) is 70.0 cm³/mol. The molecule has 2 aliphatic heterocycles. The van der Waals surface area contributed by atoms with E-state index >= 15 is 0 Å². The predicted octanol–water partition coefficient (Wildman–Crippen LogP) is 3.12. The zero-order valence-electron chi connectivity index (χ0n) is 9.11. The van der Waals surface area contributed by atoms with Gasteiger partial charge in [-0.3, -0.25) is 0 Å². The number of hydrogen-bond donors (Lipinski definition) is 0. The molecule has 0 bridgehead atoms. The minimum atomic E-state index is -1.06. The quantitative estimate of drug-likeness (QED) is 0.781. The highest BCUT2D eigenvalue weighted by Gasteiger charge is 2.27. The third-order valence-electron chi connectivity index (χ3n) is 2.96. The maximum Gasteiger partial charge on any atom is 0.0841 e. The highest BCUT2D eigenvalue weighted by atomic mass is 35.5. The maximum atomic E-state index is 12.3. The first kappa shape index (κ1) is 11.2. The van der Waals surface area contributed by atoms with E-state index in [2.05, 4.69) is 0 Å². The zero-order valence-corrected chi connectivity index (χ0v) is 10.7. The molecule has 0 fully saturated rings. The Morgan fingerprint density at radius 1 is 1.24 bits per heavy atom. The molecule has 1 atom stereocenters. The fourth-order valence-corrected chi connectivity index (χ4v) is 3.63. The van der Waals surface area contributed by atoms with Gasteiger partial charge in [0.05, 0.1) is 33.8 Å². The van der Waals surface area contributed by atoms with Crippen molar-refractivity contribution >= 4 is 27.3 Å². The number of benzene rings is 1. The van der Waals surface area contributed by atoms with Gasteiger partial charge in [-0.25, -0.2) is 4.21 Å². The molecule has 1 unspecified atom stereocenters. The lowest BCUT2D eigenvalue weighted by Gasteiger charge is -2.13. The van der Waals surface area contributed by atoms with Crippen LogP contribution in [-0.4, -0.2) is 17.4 Å². The van der Waals surface area contributed by atoms with Crippen LogP contribution in [0.4, 0.5) is 0 Å². The van der Waals surface area contributed by atoms with E-state index in [0.717, 1.165) is 28.4 Å². The van der Waals surface area contributed by atoms with E-state index in [1.165, 1.54) is 5.57 Å². The molecule has 3 rings (SSSR count). The third kappa shape index (κ3) is 1.99. The van der Waals surface area contributed by atoms with E-state index in [4.69, 9.17) is 16.3 Å². The Labute approximate surface area is 107 Å². The Hall–Kier alpha value is -0.900. The number of hydrogen-bond acceptors (Lipinski definition) is 2. The Kier molecular flexibility index (Phi) is 2.90. The molecule has 1 aromatic rings. The van der Waals surface area contributed by atoms with Gasteiger partial charge in [-0.15, -0.1) is 0 Å². The van der Waals surface area contributed by atoms with Crippen molar-refractivity contribution in [3.05, 3.63) is 51.4 Å². The minimum absolute atomic E-state index is 0.496. The number of ether oxygens (including phenoxy) is 1. The molecule has 2 heterocycles. The van der Waals surface area contributed by atoms with Crippen molar-refractivity contribution in [2.75, 3.05) is 13.2 Å². The molecular weight excluding hydrogens is 256 g/mol. The van der Waals surface area contributed by atoms with Crippen LogP contribution in [0.25, 0.3) is 4.91 Å². The minimum Gasteiger partial charge on any atom is -0.376 e. The summed E-state index contributed by atoms with van der Waals surface area (Å²) in [6, 6.07) is 7.46. The van der Waals surface area contributed by atoms with Crippen molar-refractivity contribution in [1.82, 2.24) is 0 Å². The smallest absolute Gasteiger partial charge is 0.0841 e. The molecule has 0 aromatic heterocycles. The summed E-state index contributed by atoms with van der Waals surface area (Å²) in [5.41, 5.74) is 2.15. The second-order valence-corrected chi connectivity index (χ2v) is 5.94. The van der Waals surface area contributed by atoms with Crippen molar-refractivity contribution in [2.45, 2.75) is 6.42 Å². The molecule has 17 heavy (non-hydrogen) atoms. The lowest BCUT2D eigenvalue weighted by Crippen LogP contribution is -2.10. The molecule has 0 amide bonds. The number of allylic oxidation sites excluding steroid dienone is 1. The number of halogens is 1. The molecule has 2 nitrogen and oxygen atoms in total. The summed E-state index contributed by atoms with van der Waals surface area (Å²) in [5.74, 6) is 0. The lowest BCUT2D eigenvalue weighted by molar-refractivity contribution is 0.153. The van der Waals surface area contributed by atoms with Crippen LogP contribution in [0.5, 0.6) is 0 Å². The molecule has 4 heteroatoms. The zero-order chi connectivity index (χ0) is 11.8. The summed E-state index contributed by atoms with van der Waals surface area (Å²) in [5, 5.41) is 0.694. The van der Waals surface area contributed by atoms with Gasteiger partial charge >= 0.3 is 0 Å². The van der Waals surface area contributed by atoms with Crippen molar-refractivity contribution < 1.29 is 8.95 Å². The summed E-state index contributed by atoms with van der Waals surface area (Å²) in [4.78, 5) is 1.80. The van der Waals surface area contributed by atoms with Crippen LogP contribution in [0, 0.1) is 0 Å². The molecule has 1 aromatic carbocycles. The van der Waals surface area contributed by atoms with Gasteiger partial charge in [0.25, 0.3) is 0 Å². The van der Waals surface area contributed by atoms with Crippen LogP contribution in [0.1, 0.15) is 12.0 Å². The fraction of sp³-hybridized carbons (Fsp3) is 0.231. The molecule has 88 valence electrons. The van der Waals surface area contributed by atoms with Gasteiger partial charge in [0.2, 0.25) is 0 Å². The highest BCUT2D eigenvalue weighted by molar-refractivity contribution is 7.98. The normalized spacial score (nSPS) is 23.6.